The van der Waals surface area contributed by atoms with E-state index in [1.165, 1.54) is 6.26 Å². The maximum absolute atomic E-state index is 12.3. The van der Waals surface area contributed by atoms with Crippen LogP contribution in [0.25, 0.3) is 0 Å². The number of benzene rings is 1. The lowest BCUT2D eigenvalue weighted by atomic mass is 10.2. The Balaban J connectivity index is 1.47. The van der Waals surface area contributed by atoms with E-state index in [2.05, 4.69) is 5.32 Å². The molecule has 2 amide bonds. The molecule has 6 nitrogen and oxygen atoms in total. The van der Waals surface area contributed by atoms with E-state index in [0.29, 0.717) is 31.9 Å². The fourth-order valence-corrected chi connectivity index (χ4v) is 2.76. The van der Waals surface area contributed by atoms with Crippen molar-refractivity contribution in [2.75, 3.05) is 38.0 Å². The molecule has 1 aromatic carbocycles. The minimum absolute atomic E-state index is 0.0432. The maximum Gasteiger partial charge on any atom is 0.289 e. The number of nitrogens with one attached hydrogen (secondary N) is 1. The van der Waals surface area contributed by atoms with Crippen LogP contribution in [-0.4, -0.2) is 54.3 Å². The van der Waals surface area contributed by atoms with Crippen LogP contribution in [0.5, 0.6) is 0 Å². The number of carbonyl (C=O) groups excluding carboxylic acids is 2. The number of aryl methyl sites for hydroxylation is 1. The Labute approximate surface area is 141 Å². The summed E-state index contributed by atoms with van der Waals surface area (Å²) in [5.41, 5.74) is 2.09. The molecule has 3 rings (SSSR count). The highest BCUT2D eigenvalue weighted by molar-refractivity contribution is 5.91. The van der Waals surface area contributed by atoms with E-state index in [9.17, 15) is 9.59 Å². The number of hydrogen-bond donors (Lipinski definition) is 1. The number of carbonyl (C=O) groups is 2. The van der Waals surface area contributed by atoms with Crippen molar-refractivity contribution in [3.63, 3.8) is 0 Å². The minimum atomic E-state index is -0.120. The second-order valence-electron chi connectivity index (χ2n) is 5.87. The van der Waals surface area contributed by atoms with Gasteiger partial charge in [0.2, 0.25) is 5.91 Å². The predicted octanol–water partition coefficient (Wildman–Crippen LogP) is 1.98. The predicted molar refractivity (Wildman–Crippen MR) is 90.9 cm³/mol. The lowest BCUT2D eigenvalue weighted by Gasteiger charge is -2.34. The van der Waals surface area contributed by atoms with E-state index in [0.717, 1.165) is 11.3 Å². The summed E-state index contributed by atoms with van der Waals surface area (Å²) in [6.07, 6.45) is 1.49. The van der Waals surface area contributed by atoms with E-state index >= 15 is 0 Å². The fraction of sp³-hybridized carbons (Fsp3) is 0.333. The van der Waals surface area contributed by atoms with Gasteiger partial charge in [0, 0.05) is 31.9 Å². The zero-order valence-electron chi connectivity index (χ0n) is 13.7. The SMILES string of the molecule is Cc1cccc(NCC(=O)N2CCN(C(=O)c3ccco3)CC2)c1. The maximum atomic E-state index is 12.3. The molecule has 0 atom stereocenters. The molecule has 1 aliphatic rings. The van der Waals surface area contributed by atoms with E-state index < -0.39 is 0 Å². The van der Waals surface area contributed by atoms with Crippen LogP contribution in [0.3, 0.4) is 0 Å². The van der Waals surface area contributed by atoms with Crippen molar-refractivity contribution in [1.82, 2.24) is 9.80 Å². The molecule has 1 aliphatic heterocycles. The number of hydrogen-bond acceptors (Lipinski definition) is 4. The van der Waals surface area contributed by atoms with Crippen LogP contribution in [0, 0.1) is 6.92 Å². The smallest absolute Gasteiger partial charge is 0.289 e. The molecule has 1 N–H and O–H groups in total. The second-order valence-corrected chi connectivity index (χ2v) is 5.87. The van der Waals surface area contributed by atoms with Crippen LogP contribution in [0.4, 0.5) is 5.69 Å². The summed E-state index contributed by atoms with van der Waals surface area (Å²) in [6.45, 7) is 4.41. The highest BCUT2D eigenvalue weighted by Crippen LogP contribution is 2.11. The average molecular weight is 327 g/mol. The average Bonchev–Trinajstić information content (AvgIpc) is 3.14. The van der Waals surface area contributed by atoms with Crippen LogP contribution in [0.2, 0.25) is 0 Å². The third kappa shape index (κ3) is 3.76. The van der Waals surface area contributed by atoms with Gasteiger partial charge in [-0.15, -0.1) is 0 Å². The van der Waals surface area contributed by atoms with E-state index in [4.69, 9.17) is 4.42 Å². The molecule has 0 spiro atoms. The van der Waals surface area contributed by atoms with Crippen LogP contribution in [-0.2, 0) is 4.79 Å². The molecule has 0 aliphatic carbocycles. The van der Waals surface area contributed by atoms with E-state index in [1.54, 1.807) is 21.9 Å². The van der Waals surface area contributed by atoms with Crippen molar-refractivity contribution >= 4 is 17.5 Å². The Kier molecular flexibility index (Phi) is 4.84. The Morgan fingerprint density at radius 2 is 1.83 bits per heavy atom. The topological polar surface area (TPSA) is 65.8 Å². The van der Waals surface area contributed by atoms with Crippen molar-refractivity contribution < 1.29 is 14.0 Å². The Morgan fingerprint density at radius 1 is 1.08 bits per heavy atom. The zero-order chi connectivity index (χ0) is 16.9. The van der Waals surface area contributed by atoms with Gasteiger partial charge in [-0.25, -0.2) is 0 Å². The molecular formula is C18H21N3O3. The lowest BCUT2D eigenvalue weighted by Crippen LogP contribution is -2.51. The van der Waals surface area contributed by atoms with Crippen molar-refractivity contribution in [3.05, 3.63) is 54.0 Å². The normalized spacial score (nSPS) is 14.5. The number of anilines is 1. The second kappa shape index (κ2) is 7.21. The van der Waals surface area contributed by atoms with Gasteiger partial charge in [0.15, 0.2) is 5.76 Å². The van der Waals surface area contributed by atoms with Gasteiger partial charge >= 0.3 is 0 Å². The molecule has 6 heteroatoms. The van der Waals surface area contributed by atoms with Gasteiger partial charge in [-0.1, -0.05) is 12.1 Å². The summed E-state index contributed by atoms with van der Waals surface area (Å²) in [4.78, 5) is 28.0. The first-order valence-corrected chi connectivity index (χ1v) is 8.04. The monoisotopic (exact) mass is 327 g/mol. The number of piperazine rings is 1. The van der Waals surface area contributed by atoms with Crippen LogP contribution < -0.4 is 5.32 Å². The van der Waals surface area contributed by atoms with Crippen LogP contribution in [0.15, 0.2) is 47.1 Å². The van der Waals surface area contributed by atoms with Gasteiger partial charge in [0.25, 0.3) is 5.91 Å². The van der Waals surface area contributed by atoms with Crippen LogP contribution in [0.1, 0.15) is 16.1 Å². The molecule has 1 aromatic heterocycles. The van der Waals surface area contributed by atoms with Crippen LogP contribution >= 0.6 is 0 Å². The first kappa shape index (κ1) is 16.1. The molecule has 0 unspecified atom stereocenters. The van der Waals surface area contributed by atoms with Crippen molar-refractivity contribution in [2.24, 2.45) is 0 Å². The fourth-order valence-electron chi connectivity index (χ4n) is 2.76. The first-order chi connectivity index (χ1) is 11.6. The van der Waals surface area contributed by atoms with Gasteiger partial charge in [-0.3, -0.25) is 9.59 Å². The Bertz CT molecular complexity index is 704. The van der Waals surface area contributed by atoms with Crippen molar-refractivity contribution in [3.8, 4) is 0 Å². The summed E-state index contributed by atoms with van der Waals surface area (Å²) in [5.74, 6) is 0.266. The molecule has 0 saturated carbocycles. The molecule has 0 radical (unpaired) electrons. The molecule has 24 heavy (non-hydrogen) atoms. The van der Waals surface area contributed by atoms with Crippen molar-refractivity contribution in [2.45, 2.75) is 6.92 Å². The summed E-state index contributed by atoms with van der Waals surface area (Å²) in [7, 11) is 0. The summed E-state index contributed by atoms with van der Waals surface area (Å²) in [6, 6.07) is 11.3. The Hall–Kier alpha value is -2.76. The number of amides is 2. The Morgan fingerprint density at radius 3 is 2.50 bits per heavy atom. The van der Waals surface area contributed by atoms with Gasteiger partial charge in [-0.05, 0) is 36.8 Å². The molecule has 2 aromatic rings. The highest BCUT2D eigenvalue weighted by Gasteiger charge is 2.25. The summed E-state index contributed by atoms with van der Waals surface area (Å²) in [5, 5.41) is 3.15. The zero-order valence-corrected chi connectivity index (χ0v) is 13.7. The number of nitrogens with zero attached hydrogens (tertiary/aromatic N) is 2. The van der Waals surface area contributed by atoms with Gasteiger partial charge in [0.1, 0.15) is 0 Å². The molecule has 1 fully saturated rings. The summed E-state index contributed by atoms with van der Waals surface area (Å²) < 4.78 is 5.14. The first-order valence-electron chi connectivity index (χ1n) is 8.04. The lowest BCUT2D eigenvalue weighted by molar-refractivity contribution is -0.130. The molecular weight excluding hydrogens is 306 g/mol. The van der Waals surface area contributed by atoms with E-state index in [-0.39, 0.29) is 18.4 Å². The van der Waals surface area contributed by atoms with Gasteiger partial charge < -0.3 is 19.5 Å². The molecule has 126 valence electrons. The number of rotatable bonds is 4. The largest absolute Gasteiger partial charge is 0.459 e. The molecule has 2 heterocycles. The van der Waals surface area contributed by atoms with E-state index in [1.807, 2.05) is 31.2 Å². The minimum Gasteiger partial charge on any atom is -0.459 e. The van der Waals surface area contributed by atoms with Gasteiger partial charge in [-0.2, -0.15) is 0 Å². The summed E-state index contributed by atoms with van der Waals surface area (Å²) >= 11 is 0. The standard InChI is InChI=1S/C18H21N3O3/c1-14-4-2-5-15(12-14)19-13-17(22)20-7-9-21(10-8-20)18(23)16-6-3-11-24-16/h2-6,11-12,19H,7-10,13H2,1H3. The quantitative estimate of drug-likeness (QED) is 0.932. The van der Waals surface area contributed by atoms with Gasteiger partial charge in [0.05, 0.1) is 12.8 Å². The molecule has 1 saturated heterocycles. The third-order valence-electron chi connectivity index (χ3n) is 4.11. The molecule has 0 bridgehead atoms. The van der Waals surface area contributed by atoms with Crippen molar-refractivity contribution in [1.29, 1.82) is 0 Å². The number of furan rings is 1. The highest BCUT2D eigenvalue weighted by atomic mass is 16.3. The third-order valence-corrected chi connectivity index (χ3v) is 4.11.